The fraction of sp³-hybridized carbons (Fsp3) is 0.464. The average molecular weight is 502 g/mol. The highest BCUT2D eigenvalue weighted by atomic mass is 19.1. The highest BCUT2D eigenvalue weighted by Gasteiger charge is 2.48. The van der Waals surface area contributed by atoms with E-state index in [0.29, 0.717) is 30.6 Å². The van der Waals surface area contributed by atoms with Crippen molar-refractivity contribution < 1.29 is 23.1 Å². The molecule has 0 spiro atoms. The summed E-state index contributed by atoms with van der Waals surface area (Å²) in [6, 6.07) is 11.1. The van der Waals surface area contributed by atoms with Crippen LogP contribution in [0.4, 0.5) is 18.0 Å². The number of likely N-dealkylation sites (tertiary alicyclic amines) is 1. The molecule has 2 amide bonds. The van der Waals surface area contributed by atoms with E-state index >= 15 is 4.39 Å². The summed E-state index contributed by atoms with van der Waals surface area (Å²) in [6.45, 7) is 4.65. The van der Waals surface area contributed by atoms with Crippen LogP contribution in [-0.2, 0) is 5.54 Å². The molecule has 2 unspecified atom stereocenters. The summed E-state index contributed by atoms with van der Waals surface area (Å²) in [5, 5.41) is 10.7. The van der Waals surface area contributed by atoms with Gasteiger partial charge in [0.15, 0.2) is 0 Å². The zero-order chi connectivity index (χ0) is 26.0. The van der Waals surface area contributed by atoms with E-state index in [9.17, 15) is 18.7 Å². The summed E-state index contributed by atoms with van der Waals surface area (Å²) >= 11 is 0. The summed E-state index contributed by atoms with van der Waals surface area (Å²) in [4.78, 5) is 19.2. The van der Waals surface area contributed by atoms with Crippen molar-refractivity contribution in [1.29, 1.82) is 0 Å². The van der Waals surface area contributed by atoms with E-state index in [1.54, 1.807) is 35.2 Å². The molecule has 0 radical (unpaired) electrons. The van der Waals surface area contributed by atoms with Gasteiger partial charge in [0.1, 0.15) is 23.3 Å². The van der Waals surface area contributed by atoms with Crippen molar-refractivity contribution in [1.82, 2.24) is 14.7 Å². The number of nitrogens with zero attached hydrogens (tertiary/aromatic N) is 3. The van der Waals surface area contributed by atoms with Crippen LogP contribution < -0.4 is 0 Å². The number of carbonyl (C=O) groups excluding carboxylic acids is 1. The SMILES string of the molecule is CC(C)CN(C(=O)N1CC(c2cc(F)ccc2F)=C[C@@]1(CO)c1ccccc1)C1CCN(C)CC1F. The number of carbonyl (C=O) groups is 1. The molecule has 36 heavy (non-hydrogen) atoms. The minimum Gasteiger partial charge on any atom is -0.393 e. The molecule has 0 aromatic heterocycles. The molecule has 8 heteroatoms. The van der Waals surface area contributed by atoms with Crippen LogP contribution in [0.5, 0.6) is 0 Å². The lowest BCUT2D eigenvalue weighted by Crippen LogP contribution is -2.60. The Hall–Kier alpha value is -2.84. The quantitative estimate of drug-likeness (QED) is 0.626. The number of aliphatic hydroxyl groups is 1. The van der Waals surface area contributed by atoms with Gasteiger partial charge in [-0.15, -0.1) is 0 Å². The fourth-order valence-electron chi connectivity index (χ4n) is 5.36. The van der Waals surface area contributed by atoms with Gasteiger partial charge in [-0.3, -0.25) is 0 Å². The van der Waals surface area contributed by atoms with Crippen LogP contribution in [-0.4, -0.2) is 77.9 Å². The van der Waals surface area contributed by atoms with Crippen molar-refractivity contribution >= 4 is 11.6 Å². The van der Waals surface area contributed by atoms with Gasteiger partial charge in [0.25, 0.3) is 0 Å². The number of benzene rings is 2. The smallest absolute Gasteiger partial charge is 0.321 e. The topological polar surface area (TPSA) is 47.0 Å². The van der Waals surface area contributed by atoms with Gasteiger partial charge >= 0.3 is 6.03 Å². The average Bonchev–Trinajstić information content (AvgIpc) is 3.25. The minimum atomic E-state index is -1.31. The molecule has 2 heterocycles. The second kappa shape index (κ2) is 10.6. The van der Waals surface area contributed by atoms with E-state index in [1.807, 2.05) is 31.9 Å². The first-order chi connectivity index (χ1) is 17.2. The third-order valence-electron chi connectivity index (χ3n) is 7.16. The molecule has 0 saturated carbocycles. The number of alkyl halides is 1. The van der Waals surface area contributed by atoms with Gasteiger partial charge in [-0.1, -0.05) is 44.2 Å². The zero-order valence-electron chi connectivity index (χ0n) is 21.0. The maximum Gasteiger partial charge on any atom is 0.321 e. The van der Waals surface area contributed by atoms with Crippen LogP contribution >= 0.6 is 0 Å². The van der Waals surface area contributed by atoms with Crippen molar-refractivity contribution in [3.8, 4) is 0 Å². The monoisotopic (exact) mass is 501 g/mol. The van der Waals surface area contributed by atoms with E-state index in [4.69, 9.17) is 0 Å². The van der Waals surface area contributed by atoms with Gasteiger partial charge < -0.3 is 19.8 Å². The Morgan fingerprint density at radius 1 is 1.19 bits per heavy atom. The molecular formula is C28H34F3N3O2. The third kappa shape index (κ3) is 5.02. The first-order valence-electron chi connectivity index (χ1n) is 12.4. The number of hydrogen-bond acceptors (Lipinski definition) is 3. The number of piperidine rings is 1. The second-order valence-electron chi connectivity index (χ2n) is 10.3. The predicted molar refractivity (Wildman–Crippen MR) is 134 cm³/mol. The van der Waals surface area contributed by atoms with Gasteiger partial charge in [0.05, 0.1) is 12.6 Å². The molecule has 1 fully saturated rings. The zero-order valence-corrected chi connectivity index (χ0v) is 21.0. The van der Waals surface area contributed by atoms with Crippen LogP contribution in [0.3, 0.4) is 0 Å². The highest BCUT2D eigenvalue weighted by Crippen LogP contribution is 2.42. The summed E-state index contributed by atoms with van der Waals surface area (Å²) in [6.07, 6.45) is 0.912. The molecule has 4 rings (SSSR count). The first kappa shape index (κ1) is 26.2. The molecule has 0 bridgehead atoms. The Morgan fingerprint density at radius 2 is 1.92 bits per heavy atom. The Bertz CT molecular complexity index is 1110. The maximum atomic E-state index is 15.3. The number of amides is 2. The van der Waals surface area contributed by atoms with Crippen molar-refractivity contribution in [2.75, 3.05) is 39.8 Å². The molecule has 194 valence electrons. The molecule has 2 aromatic rings. The highest BCUT2D eigenvalue weighted by molar-refractivity contribution is 5.84. The normalized spacial score (nSPS) is 24.8. The van der Waals surface area contributed by atoms with Crippen LogP contribution in [0.2, 0.25) is 0 Å². The Morgan fingerprint density at radius 3 is 2.56 bits per heavy atom. The molecular weight excluding hydrogens is 467 g/mol. The maximum absolute atomic E-state index is 15.3. The fourth-order valence-corrected chi connectivity index (χ4v) is 5.36. The van der Waals surface area contributed by atoms with Crippen LogP contribution in [0.15, 0.2) is 54.6 Å². The van der Waals surface area contributed by atoms with Crippen LogP contribution in [0.25, 0.3) is 5.57 Å². The Kier molecular flexibility index (Phi) is 7.76. The summed E-state index contributed by atoms with van der Waals surface area (Å²) in [5.41, 5.74) is -0.240. The first-order valence-corrected chi connectivity index (χ1v) is 12.4. The number of hydrogen-bond donors (Lipinski definition) is 1. The molecule has 0 aliphatic carbocycles. The van der Waals surface area contributed by atoms with Gasteiger partial charge in [-0.05, 0) is 54.8 Å². The number of halogens is 3. The lowest BCUT2D eigenvalue weighted by Gasteiger charge is -2.45. The van der Waals surface area contributed by atoms with E-state index < -0.39 is 42.0 Å². The molecule has 3 atom stereocenters. The summed E-state index contributed by atoms with van der Waals surface area (Å²) in [5.74, 6) is -1.13. The van der Waals surface area contributed by atoms with Crippen LogP contribution in [0, 0.1) is 17.6 Å². The van der Waals surface area contributed by atoms with Crippen molar-refractivity contribution in [2.45, 2.75) is 38.0 Å². The van der Waals surface area contributed by atoms with Gasteiger partial charge in [-0.25, -0.2) is 18.0 Å². The van der Waals surface area contributed by atoms with E-state index in [2.05, 4.69) is 0 Å². The number of urea groups is 1. The Labute approximate surface area is 210 Å². The largest absolute Gasteiger partial charge is 0.393 e. The Balaban J connectivity index is 1.79. The molecule has 1 N–H and O–H groups in total. The summed E-state index contributed by atoms with van der Waals surface area (Å²) in [7, 11) is 1.85. The van der Waals surface area contributed by atoms with Crippen molar-refractivity contribution in [2.24, 2.45) is 5.92 Å². The summed E-state index contributed by atoms with van der Waals surface area (Å²) < 4.78 is 44.1. The number of aliphatic hydroxyl groups excluding tert-OH is 1. The molecule has 1 saturated heterocycles. The van der Waals surface area contributed by atoms with Crippen molar-refractivity contribution in [3.63, 3.8) is 0 Å². The third-order valence-corrected chi connectivity index (χ3v) is 7.16. The second-order valence-corrected chi connectivity index (χ2v) is 10.3. The lowest BCUT2D eigenvalue weighted by molar-refractivity contribution is 0.0275. The molecule has 2 aliphatic heterocycles. The van der Waals surface area contributed by atoms with Crippen LogP contribution in [0.1, 0.15) is 31.4 Å². The lowest BCUT2D eigenvalue weighted by atomic mass is 9.89. The van der Waals surface area contributed by atoms with Gasteiger partial charge in [-0.2, -0.15) is 0 Å². The molecule has 2 aromatic carbocycles. The van der Waals surface area contributed by atoms with Gasteiger partial charge in [0, 0.05) is 31.7 Å². The minimum absolute atomic E-state index is 0.0390. The number of rotatable bonds is 6. The van der Waals surface area contributed by atoms with Crippen molar-refractivity contribution in [3.05, 3.63) is 77.4 Å². The van der Waals surface area contributed by atoms with E-state index in [0.717, 1.165) is 18.2 Å². The van der Waals surface area contributed by atoms with E-state index in [-0.39, 0.29) is 24.6 Å². The van der Waals surface area contributed by atoms with E-state index in [1.165, 1.54) is 4.90 Å². The molecule has 2 aliphatic rings. The van der Waals surface area contributed by atoms with Gasteiger partial charge in [0.2, 0.25) is 0 Å². The molecule has 5 nitrogen and oxygen atoms in total. The predicted octanol–water partition coefficient (Wildman–Crippen LogP) is 4.67. The standard InChI is InChI=1S/C28H34F3N3O2/c1-19(2)15-33(26-11-12-32(3)17-25(26)31)27(36)34-16-20(23-13-22(29)9-10-24(23)30)14-28(34,18-35)21-7-5-4-6-8-21/h4-10,13-14,19,25-26,35H,11-12,15-18H2,1-3H3/t25?,26?,28-/m1/s1.